The van der Waals surface area contributed by atoms with Crippen molar-refractivity contribution in [1.29, 1.82) is 5.26 Å². The van der Waals surface area contributed by atoms with Crippen LogP contribution in [0.15, 0.2) is 59.0 Å². The van der Waals surface area contributed by atoms with E-state index in [-0.39, 0.29) is 5.76 Å². The van der Waals surface area contributed by atoms with Gasteiger partial charge in [0, 0.05) is 5.39 Å². The van der Waals surface area contributed by atoms with Crippen LogP contribution in [0.1, 0.15) is 16.1 Å². The summed E-state index contributed by atoms with van der Waals surface area (Å²) in [5.74, 6) is -1.24. The number of ether oxygens (including phenoxy) is 1. The molecule has 0 spiro atoms. The summed E-state index contributed by atoms with van der Waals surface area (Å²) < 4.78 is 10.3. The van der Waals surface area contributed by atoms with Gasteiger partial charge in [0.15, 0.2) is 6.61 Å². The summed E-state index contributed by atoms with van der Waals surface area (Å²) in [5.41, 5.74) is 1.26. The molecule has 1 N–H and O–H groups in total. The molecule has 0 saturated heterocycles. The largest absolute Gasteiger partial charge is 0.450 e. The van der Waals surface area contributed by atoms with Crippen LogP contribution in [0, 0.1) is 11.3 Å². The van der Waals surface area contributed by atoms with Gasteiger partial charge in [-0.05, 0) is 24.3 Å². The number of amides is 1. The predicted molar refractivity (Wildman–Crippen MR) is 86.3 cm³/mol. The van der Waals surface area contributed by atoms with E-state index in [1.807, 2.05) is 12.1 Å². The van der Waals surface area contributed by atoms with Gasteiger partial charge in [-0.3, -0.25) is 4.79 Å². The van der Waals surface area contributed by atoms with Gasteiger partial charge in [-0.15, -0.1) is 0 Å². The van der Waals surface area contributed by atoms with Crippen LogP contribution in [-0.4, -0.2) is 18.5 Å². The Morgan fingerprint density at radius 2 is 1.88 bits per heavy atom. The highest BCUT2D eigenvalue weighted by molar-refractivity contribution is 5.97. The lowest BCUT2D eigenvalue weighted by molar-refractivity contribution is -0.119. The first-order valence-electron chi connectivity index (χ1n) is 7.12. The Morgan fingerprint density at radius 1 is 1.12 bits per heavy atom. The van der Waals surface area contributed by atoms with Crippen molar-refractivity contribution in [1.82, 2.24) is 0 Å². The van der Waals surface area contributed by atoms with E-state index >= 15 is 0 Å². The van der Waals surface area contributed by atoms with Crippen LogP contribution in [0.3, 0.4) is 0 Å². The summed E-state index contributed by atoms with van der Waals surface area (Å²) in [5, 5.41) is 12.3. The minimum atomic E-state index is -0.727. The average Bonchev–Trinajstić information content (AvgIpc) is 3.04. The van der Waals surface area contributed by atoms with Crippen LogP contribution in [0.25, 0.3) is 11.0 Å². The van der Waals surface area contributed by atoms with Crippen molar-refractivity contribution in [3.8, 4) is 6.07 Å². The Balaban J connectivity index is 1.61. The lowest BCUT2D eigenvalue weighted by Crippen LogP contribution is -2.21. The van der Waals surface area contributed by atoms with Gasteiger partial charge < -0.3 is 14.5 Å². The van der Waals surface area contributed by atoms with Gasteiger partial charge in [0.1, 0.15) is 11.7 Å². The monoisotopic (exact) mass is 320 g/mol. The summed E-state index contributed by atoms with van der Waals surface area (Å²) in [6.07, 6.45) is 0. The van der Waals surface area contributed by atoms with Crippen LogP contribution in [0.5, 0.6) is 0 Å². The number of nitrogens with one attached hydrogen (secondary N) is 1. The molecule has 0 unspecified atom stereocenters. The number of nitrogens with zero attached hydrogens (tertiary/aromatic N) is 1. The molecule has 6 heteroatoms. The molecule has 0 aliphatic heterocycles. The fraction of sp³-hybridized carbons (Fsp3) is 0.0556. The zero-order valence-electron chi connectivity index (χ0n) is 12.5. The Labute approximate surface area is 137 Å². The van der Waals surface area contributed by atoms with Crippen LogP contribution in [-0.2, 0) is 9.53 Å². The van der Waals surface area contributed by atoms with E-state index < -0.39 is 18.5 Å². The van der Waals surface area contributed by atoms with Gasteiger partial charge in [-0.2, -0.15) is 5.26 Å². The summed E-state index contributed by atoms with van der Waals surface area (Å²) >= 11 is 0. The molecule has 0 saturated carbocycles. The molecule has 0 fully saturated rings. The number of para-hydroxylation sites is 2. The number of esters is 1. The number of carbonyl (C=O) groups excluding carboxylic acids is 2. The van der Waals surface area contributed by atoms with Crippen LogP contribution < -0.4 is 5.32 Å². The zero-order chi connectivity index (χ0) is 16.9. The number of benzene rings is 2. The molecule has 1 aromatic heterocycles. The third kappa shape index (κ3) is 3.25. The van der Waals surface area contributed by atoms with Gasteiger partial charge in [-0.25, -0.2) is 4.79 Å². The van der Waals surface area contributed by atoms with Crippen molar-refractivity contribution in [2.24, 2.45) is 0 Å². The smallest absolute Gasteiger partial charge is 0.374 e. The molecule has 2 aromatic carbocycles. The number of rotatable bonds is 4. The average molecular weight is 320 g/mol. The molecule has 6 nitrogen and oxygen atoms in total. The van der Waals surface area contributed by atoms with E-state index in [0.29, 0.717) is 16.8 Å². The molecular weight excluding hydrogens is 308 g/mol. The van der Waals surface area contributed by atoms with Gasteiger partial charge in [0.05, 0.1) is 11.3 Å². The normalized spacial score (nSPS) is 10.1. The van der Waals surface area contributed by atoms with Crippen LogP contribution in [0.2, 0.25) is 0 Å². The Kier molecular flexibility index (Phi) is 4.25. The van der Waals surface area contributed by atoms with Crippen molar-refractivity contribution in [3.05, 3.63) is 65.9 Å². The third-order valence-electron chi connectivity index (χ3n) is 3.28. The second-order valence-corrected chi connectivity index (χ2v) is 4.93. The minimum Gasteiger partial charge on any atom is -0.450 e. The minimum absolute atomic E-state index is 0.0291. The molecule has 3 rings (SSSR count). The molecule has 1 amide bonds. The molecule has 0 bridgehead atoms. The first-order chi connectivity index (χ1) is 11.7. The lowest BCUT2D eigenvalue weighted by atomic mass is 10.2. The Morgan fingerprint density at radius 3 is 2.67 bits per heavy atom. The summed E-state index contributed by atoms with van der Waals surface area (Å²) in [6, 6.07) is 17.2. The number of carbonyl (C=O) groups is 2. The second-order valence-electron chi connectivity index (χ2n) is 4.93. The van der Waals surface area contributed by atoms with Crippen molar-refractivity contribution in [3.63, 3.8) is 0 Å². The van der Waals surface area contributed by atoms with E-state index in [1.54, 1.807) is 48.5 Å². The summed E-state index contributed by atoms with van der Waals surface area (Å²) in [6.45, 7) is -0.477. The summed E-state index contributed by atoms with van der Waals surface area (Å²) in [4.78, 5) is 23.8. The van der Waals surface area contributed by atoms with Gasteiger partial charge >= 0.3 is 5.97 Å². The Bertz CT molecular complexity index is 920. The molecule has 3 aromatic rings. The molecule has 1 heterocycles. The number of hydrogen-bond donors (Lipinski definition) is 1. The third-order valence-corrected chi connectivity index (χ3v) is 3.28. The van der Waals surface area contributed by atoms with E-state index in [1.165, 1.54) is 0 Å². The highest BCUT2D eigenvalue weighted by atomic mass is 16.5. The highest BCUT2D eigenvalue weighted by Gasteiger charge is 2.15. The second kappa shape index (κ2) is 6.67. The molecule has 0 radical (unpaired) electrons. The van der Waals surface area contributed by atoms with E-state index in [4.69, 9.17) is 14.4 Å². The number of nitriles is 1. The number of hydrogen-bond acceptors (Lipinski definition) is 5. The SMILES string of the molecule is N#Cc1ccccc1NC(=O)COC(=O)c1cc2ccccc2o1. The molecule has 0 aliphatic rings. The predicted octanol–water partition coefficient (Wildman–Crippen LogP) is 3.10. The van der Waals surface area contributed by atoms with Gasteiger partial charge in [-0.1, -0.05) is 30.3 Å². The zero-order valence-corrected chi connectivity index (χ0v) is 12.5. The molecule has 118 valence electrons. The molecule has 0 atom stereocenters. The Hall–Kier alpha value is -3.59. The van der Waals surface area contributed by atoms with Gasteiger partial charge in [0.2, 0.25) is 5.76 Å². The van der Waals surface area contributed by atoms with E-state index in [9.17, 15) is 9.59 Å². The van der Waals surface area contributed by atoms with Crippen molar-refractivity contribution in [2.75, 3.05) is 11.9 Å². The van der Waals surface area contributed by atoms with E-state index in [2.05, 4.69) is 5.32 Å². The number of furan rings is 1. The molecule has 24 heavy (non-hydrogen) atoms. The van der Waals surface area contributed by atoms with Gasteiger partial charge in [0.25, 0.3) is 5.91 Å². The van der Waals surface area contributed by atoms with Crippen LogP contribution >= 0.6 is 0 Å². The lowest BCUT2D eigenvalue weighted by Gasteiger charge is -2.06. The fourth-order valence-electron chi connectivity index (χ4n) is 2.16. The topological polar surface area (TPSA) is 92.3 Å². The van der Waals surface area contributed by atoms with Crippen molar-refractivity contribution >= 4 is 28.5 Å². The maximum absolute atomic E-state index is 11.9. The number of anilines is 1. The van der Waals surface area contributed by atoms with Crippen molar-refractivity contribution in [2.45, 2.75) is 0 Å². The highest BCUT2D eigenvalue weighted by Crippen LogP contribution is 2.19. The first-order valence-corrected chi connectivity index (χ1v) is 7.12. The standard InChI is InChI=1S/C18H12N2O4/c19-10-13-6-1-3-7-14(13)20-17(21)11-23-18(22)16-9-12-5-2-4-8-15(12)24-16/h1-9H,11H2,(H,20,21). The molecular formula is C18H12N2O4. The summed E-state index contributed by atoms with van der Waals surface area (Å²) in [7, 11) is 0. The molecule has 0 aliphatic carbocycles. The quantitative estimate of drug-likeness (QED) is 0.746. The maximum atomic E-state index is 11.9. The maximum Gasteiger partial charge on any atom is 0.374 e. The first kappa shape index (κ1) is 15.3. The fourth-order valence-corrected chi connectivity index (χ4v) is 2.16. The van der Waals surface area contributed by atoms with Crippen molar-refractivity contribution < 1.29 is 18.7 Å². The van der Waals surface area contributed by atoms with Crippen LogP contribution in [0.4, 0.5) is 5.69 Å². The van der Waals surface area contributed by atoms with E-state index in [0.717, 1.165) is 5.39 Å². The number of fused-ring (bicyclic) bond motifs is 1.